The van der Waals surface area contributed by atoms with E-state index in [4.69, 9.17) is 15.9 Å². The van der Waals surface area contributed by atoms with Gasteiger partial charge in [0.1, 0.15) is 11.5 Å². The molecule has 0 fully saturated rings. The minimum atomic E-state index is 0.155. The van der Waals surface area contributed by atoms with Gasteiger partial charge in [0.25, 0.3) is 0 Å². The van der Waals surface area contributed by atoms with Crippen LogP contribution in [0.15, 0.2) is 16.5 Å². The molecule has 1 atom stereocenters. The lowest BCUT2D eigenvalue weighted by atomic mass is 10.2. The zero-order chi connectivity index (χ0) is 8.97. The summed E-state index contributed by atoms with van der Waals surface area (Å²) in [5.74, 6) is 1.90. The van der Waals surface area contributed by atoms with Crippen molar-refractivity contribution in [2.45, 2.75) is 25.8 Å². The summed E-state index contributed by atoms with van der Waals surface area (Å²) in [5.41, 5.74) is 11.0. The molecule has 1 aromatic heterocycles. The van der Waals surface area contributed by atoms with E-state index in [0.29, 0.717) is 6.54 Å². The topological polar surface area (TPSA) is 65.2 Å². The van der Waals surface area contributed by atoms with E-state index in [2.05, 4.69) is 0 Å². The third-order valence-electron chi connectivity index (χ3n) is 1.63. The summed E-state index contributed by atoms with van der Waals surface area (Å²) in [5, 5.41) is 0. The Kier molecular flexibility index (Phi) is 3.31. The third kappa shape index (κ3) is 2.68. The molecule has 68 valence electrons. The van der Waals surface area contributed by atoms with E-state index >= 15 is 0 Å². The van der Waals surface area contributed by atoms with Crippen molar-refractivity contribution in [3.8, 4) is 0 Å². The smallest absolute Gasteiger partial charge is 0.105 e. The van der Waals surface area contributed by atoms with Crippen LogP contribution in [0.4, 0.5) is 0 Å². The molecule has 0 radical (unpaired) electrons. The van der Waals surface area contributed by atoms with E-state index in [-0.39, 0.29) is 6.04 Å². The van der Waals surface area contributed by atoms with Crippen LogP contribution >= 0.6 is 0 Å². The van der Waals surface area contributed by atoms with Crippen LogP contribution in [0.2, 0.25) is 0 Å². The number of rotatable bonds is 4. The van der Waals surface area contributed by atoms with Crippen molar-refractivity contribution in [3.05, 3.63) is 23.7 Å². The van der Waals surface area contributed by atoms with Crippen LogP contribution in [-0.4, -0.2) is 12.6 Å². The van der Waals surface area contributed by atoms with Crippen LogP contribution in [-0.2, 0) is 12.8 Å². The molecule has 0 aliphatic carbocycles. The van der Waals surface area contributed by atoms with Gasteiger partial charge >= 0.3 is 0 Å². The van der Waals surface area contributed by atoms with Gasteiger partial charge in [-0.1, -0.05) is 0 Å². The van der Waals surface area contributed by atoms with Crippen LogP contribution < -0.4 is 11.5 Å². The highest BCUT2D eigenvalue weighted by molar-refractivity contribution is 5.08. The maximum Gasteiger partial charge on any atom is 0.105 e. The fourth-order valence-corrected chi connectivity index (χ4v) is 1.13. The Balaban J connectivity index is 2.52. The quantitative estimate of drug-likeness (QED) is 0.694. The maximum absolute atomic E-state index is 5.62. The first kappa shape index (κ1) is 9.29. The first-order valence-electron chi connectivity index (χ1n) is 4.25. The van der Waals surface area contributed by atoms with Gasteiger partial charge in [0.15, 0.2) is 0 Å². The van der Waals surface area contributed by atoms with Gasteiger partial charge < -0.3 is 15.9 Å². The van der Waals surface area contributed by atoms with Crippen molar-refractivity contribution in [1.29, 1.82) is 0 Å². The molecule has 0 aliphatic rings. The number of furan rings is 1. The van der Waals surface area contributed by atoms with E-state index in [1.165, 1.54) is 0 Å². The zero-order valence-electron chi connectivity index (χ0n) is 7.42. The van der Waals surface area contributed by atoms with E-state index in [9.17, 15) is 0 Å². The predicted octanol–water partition coefficient (Wildman–Crippen LogP) is 0.670. The summed E-state index contributed by atoms with van der Waals surface area (Å²) in [4.78, 5) is 0. The molecule has 0 aromatic carbocycles. The van der Waals surface area contributed by atoms with Crippen LogP contribution in [0.1, 0.15) is 18.4 Å². The number of nitrogens with two attached hydrogens (primary N) is 2. The molecule has 1 aromatic rings. The average Bonchev–Trinajstić information content (AvgIpc) is 2.36. The van der Waals surface area contributed by atoms with Crippen molar-refractivity contribution in [3.63, 3.8) is 0 Å². The van der Waals surface area contributed by atoms with E-state index in [1.807, 2.05) is 19.1 Å². The molecule has 1 unspecified atom stereocenters. The lowest BCUT2D eigenvalue weighted by Gasteiger charge is -2.00. The lowest BCUT2D eigenvalue weighted by Crippen LogP contribution is -2.17. The summed E-state index contributed by atoms with van der Waals surface area (Å²) in [6, 6.07) is 4.08. The molecule has 3 nitrogen and oxygen atoms in total. The van der Waals surface area contributed by atoms with Crippen molar-refractivity contribution in [1.82, 2.24) is 0 Å². The van der Waals surface area contributed by atoms with Gasteiger partial charge in [-0.2, -0.15) is 0 Å². The third-order valence-corrected chi connectivity index (χ3v) is 1.63. The molecule has 0 saturated carbocycles. The second-order valence-corrected chi connectivity index (χ2v) is 3.09. The summed E-state index contributed by atoms with van der Waals surface area (Å²) in [6.07, 6.45) is 1.60. The largest absolute Gasteiger partial charge is 0.466 e. The first-order chi connectivity index (χ1) is 5.72. The number of hydrogen-bond acceptors (Lipinski definition) is 3. The molecule has 4 N–H and O–H groups in total. The standard InChI is InChI=1S/C9H16N2O/c1-7(11)6-9-3-2-8(12-9)4-5-10/h2-3,7H,4-6,10-11H2,1H3. The number of hydrogen-bond donors (Lipinski definition) is 2. The Morgan fingerprint density at radius 1 is 1.42 bits per heavy atom. The minimum absolute atomic E-state index is 0.155. The zero-order valence-corrected chi connectivity index (χ0v) is 7.42. The molecular weight excluding hydrogens is 152 g/mol. The maximum atomic E-state index is 5.62. The molecule has 0 bridgehead atoms. The average molecular weight is 168 g/mol. The summed E-state index contributed by atoms with van der Waals surface area (Å²) in [6.45, 7) is 2.59. The summed E-state index contributed by atoms with van der Waals surface area (Å²) in [7, 11) is 0. The highest BCUT2D eigenvalue weighted by atomic mass is 16.3. The highest BCUT2D eigenvalue weighted by Crippen LogP contribution is 2.09. The molecular formula is C9H16N2O. The second kappa shape index (κ2) is 4.28. The van der Waals surface area contributed by atoms with Gasteiger partial charge in [-0.25, -0.2) is 0 Å². The van der Waals surface area contributed by atoms with Crippen LogP contribution in [0.5, 0.6) is 0 Å². The second-order valence-electron chi connectivity index (χ2n) is 3.09. The predicted molar refractivity (Wildman–Crippen MR) is 48.8 cm³/mol. The SMILES string of the molecule is CC(N)Cc1ccc(CCN)o1. The van der Waals surface area contributed by atoms with Crippen molar-refractivity contribution in [2.24, 2.45) is 11.5 Å². The molecule has 1 heterocycles. The summed E-state index contributed by atoms with van der Waals surface area (Å²) < 4.78 is 5.47. The van der Waals surface area contributed by atoms with Crippen molar-refractivity contribution in [2.75, 3.05) is 6.54 Å². The normalized spacial score (nSPS) is 13.2. The molecule has 1 rings (SSSR count). The van der Waals surface area contributed by atoms with E-state index < -0.39 is 0 Å². The highest BCUT2D eigenvalue weighted by Gasteiger charge is 2.03. The van der Waals surface area contributed by atoms with Gasteiger partial charge in [-0.15, -0.1) is 0 Å². The lowest BCUT2D eigenvalue weighted by molar-refractivity contribution is 0.454. The Morgan fingerprint density at radius 3 is 2.67 bits per heavy atom. The Hall–Kier alpha value is -0.800. The Bertz CT molecular complexity index is 230. The van der Waals surface area contributed by atoms with Gasteiger partial charge in [0.05, 0.1) is 0 Å². The summed E-state index contributed by atoms with van der Waals surface area (Å²) >= 11 is 0. The van der Waals surface area contributed by atoms with Gasteiger partial charge in [-0.3, -0.25) is 0 Å². The van der Waals surface area contributed by atoms with Crippen LogP contribution in [0.3, 0.4) is 0 Å². The van der Waals surface area contributed by atoms with Gasteiger partial charge in [0.2, 0.25) is 0 Å². The van der Waals surface area contributed by atoms with Gasteiger partial charge in [0, 0.05) is 18.9 Å². The molecule has 0 aliphatic heterocycles. The van der Waals surface area contributed by atoms with Crippen molar-refractivity contribution >= 4 is 0 Å². The monoisotopic (exact) mass is 168 g/mol. The van der Waals surface area contributed by atoms with Crippen LogP contribution in [0, 0.1) is 0 Å². The Labute approximate surface area is 72.7 Å². The van der Waals surface area contributed by atoms with E-state index in [0.717, 1.165) is 24.4 Å². The van der Waals surface area contributed by atoms with E-state index in [1.54, 1.807) is 0 Å². The van der Waals surface area contributed by atoms with Gasteiger partial charge in [-0.05, 0) is 25.6 Å². The fourth-order valence-electron chi connectivity index (χ4n) is 1.13. The van der Waals surface area contributed by atoms with Crippen molar-refractivity contribution < 1.29 is 4.42 Å². The molecule has 12 heavy (non-hydrogen) atoms. The van der Waals surface area contributed by atoms with Crippen LogP contribution in [0.25, 0.3) is 0 Å². The Morgan fingerprint density at radius 2 is 2.08 bits per heavy atom. The molecule has 0 amide bonds. The first-order valence-corrected chi connectivity index (χ1v) is 4.25. The molecule has 0 spiro atoms. The fraction of sp³-hybridized carbons (Fsp3) is 0.556. The molecule has 3 heteroatoms. The molecule has 0 saturated heterocycles. The minimum Gasteiger partial charge on any atom is -0.466 e.